The molecule has 2 unspecified atom stereocenters. The Balaban J connectivity index is 1.64. The maximum Gasteiger partial charge on any atom is 0.0626 e. The van der Waals surface area contributed by atoms with Gasteiger partial charge in [-0.1, -0.05) is 42.5 Å². The van der Waals surface area contributed by atoms with Crippen molar-refractivity contribution in [3.05, 3.63) is 65.7 Å². The molecule has 0 saturated carbocycles. The van der Waals surface area contributed by atoms with Crippen LogP contribution in [-0.2, 0) is 0 Å². The number of rotatable bonds is 6. The smallest absolute Gasteiger partial charge is 0.0626 e. The molecule has 1 aliphatic heterocycles. The molecule has 2 aromatic carbocycles. The van der Waals surface area contributed by atoms with E-state index in [1.54, 1.807) is 0 Å². The summed E-state index contributed by atoms with van der Waals surface area (Å²) >= 11 is 0. The normalized spacial score (nSPS) is 17.5. The lowest BCUT2D eigenvalue weighted by molar-refractivity contribution is 0.235. The van der Waals surface area contributed by atoms with Crippen LogP contribution in [0.3, 0.4) is 0 Å². The summed E-state index contributed by atoms with van der Waals surface area (Å²) in [5, 5.41) is 13.3. The van der Waals surface area contributed by atoms with Crippen LogP contribution in [0.25, 0.3) is 0 Å². The first-order valence-electron chi connectivity index (χ1n) is 9.04. The lowest BCUT2D eigenvalue weighted by Gasteiger charge is -2.29. The predicted octanol–water partition coefficient (Wildman–Crippen LogP) is 4.06. The molecule has 0 aliphatic carbocycles. The fraction of sp³-hybridized carbons (Fsp3) is 0.429. The first-order chi connectivity index (χ1) is 11.8. The van der Waals surface area contributed by atoms with Crippen molar-refractivity contribution in [1.82, 2.24) is 5.32 Å². The van der Waals surface area contributed by atoms with E-state index in [-0.39, 0.29) is 18.7 Å². The van der Waals surface area contributed by atoms with Gasteiger partial charge in [0.05, 0.1) is 12.6 Å². The number of nitrogens with zero attached hydrogens (tertiary/aromatic N) is 1. The van der Waals surface area contributed by atoms with Gasteiger partial charge in [-0.3, -0.25) is 0 Å². The molecule has 2 N–H and O–H groups in total. The van der Waals surface area contributed by atoms with Gasteiger partial charge in [-0.25, -0.2) is 0 Å². The van der Waals surface area contributed by atoms with Crippen molar-refractivity contribution in [1.29, 1.82) is 0 Å². The van der Waals surface area contributed by atoms with Gasteiger partial charge < -0.3 is 15.3 Å². The molecule has 1 saturated heterocycles. The van der Waals surface area contributed by atoms with Crippen LogP contribution in [0.15, 0.2) is 54.6 Å². The molecule has 2 atom stereocenters. The minimum Gasteiger partial charge on any atom is -0.394 e. The third-order valence-electron chi connectivity index (χ3n) is 4.95. The van der Waals surface area contributed by atoms with E-state index in [2.05, 4.69) is 53.5 Å². The summed E-state index contributed by atoms with van der Waals surface area (Å²) in [7, 11) is 0. The summed E-state index contributed by atoms with van der Waals surface area (Å²) in [5.41, 5.74) is 3.70. The average molecular weight is 324 g/mol. The minimum absolute atomic E-state index is 0.0389. The fourth-order valence-electron chi connectivity index (χ4n) is 3.46. The number of benzene rings is 2. The second-order valence-corrected chi connectivity index (χ2v) is 6.67. The predicted molar refractivity (Wildman–Crippen MR) is 100 cm³/mol. The van der Waals surface area contributed by atoms with Gasteiger partial charge in [-0.2, -0.15) is 0 Å². The van der Waals surface area contributed by atoms with E-state index in [9.17, 15) is 5.11 Å². The van der Waals surface area contributed by atoms with Crippen molar-refractivity contribution in [2.45, 2.75) is 38.3 Å². The van der Waals surface area contributed by atoms with E-state index in [0.29, 0.717) is 0 Å². The summed E-state index contributed by atoms with van der Waals surface area (Å²) in [5.74, 6) is 0. The van der Waals surface area contributed by atoms with Crippen LogP contribution in [0.4, 0.5) is 5.69 Å². The van der Waals surface area contributed by atoms with Crippen molar-refractivity contribution < 1.29 is 5.11 Å². The standard InChI is InChI=1S/C21H28N2O/c1-17(22-21(16-24)19-8-4-2-5-9-19)18-10-12-20(13-11-18)23-14-6-3-7-15-23/h2,4-5,8-13,17,21-22,24H,3,6-7,14-16H2,1H3. The molecular weight excluding hydrogens is 296 g/mol. The molecule has 1 fully saturated rings. The Morgan fingerprint density at radius 2 is 1.58 bits per heavy atom. The molecule has 3 nitrogen and oxygen atoms in total. The van der Waals surface area contributed by atoms with Gasteiger partial charge in [-0.15, -0.1) is 0 Å². The van der Waals surface area contributed by atoms with Gasteiger partial charge in [0, 0.05) is 24.8 Å². The lowest BCUT2D eigenvalue weighted by atomic mass is 10.0. The molecule has 2 aromatic rings. The summed E-state index contributed by atoms with van der Waals surface area (Å²) in [4.78, 5) is 2.48. The monoisotopic (exact) mass is 324 g/mol. The number of aliphatic hydroxyl groups excluding tert-OH is 1. The van der Waals surface area contributed by atoms with E-state index in [1.165, 1.54) is 43.6 Å². The second kappa shape index (κ2) is 8.32. The van der Waals surface area contributed by atoms with Crippen molar-refractivity contribution in [2.75, 3.05) is 24.6 Å². The first-order valence-corrected chi connectivity index (χ1v) is 9.04. The summed E-state index contributed by atoms with van der Waals surface area (Å²) in [6.45, 7) is 4.60. The van der Waals surface area contributed by atoms with Crippen molar-refractivity contribution in [3.63, 3.8) is 0 Å². The Bertz CT molecular complexity index is 605. The summed E-state index contributed by atoms with van der Waals surface area (Å²) < 4.78 is 0. The highest BCUT2D eigenvalue weighted by atomic mass is 16.3. The molecule has 0 radical (unpaired) electrons. The van der Waals surface area contributed by atoms with Gasteiger partial charge in [0.1, 0.15) is 0 Å². The number of hydrogen-bond acceptors (Lipinski definition) is 3. The number of hydrogen-bond donors (Lipinski definition) is 2. The van der Waals surface area contributed by atoms with Gasteiger partial charge in [0.25, 0.3) is 0 Å². The highest BCUT2D eigenvalue weighted by molar-refractivity contribution is 5.48. The summed E-state index contributed by atoms with van der Waals surface area (Å²) in [6.07, 6.45) is 3.96. The Labute approximate surface area is 145 Å². The second-order valence-electron chi connectivity index (χ2n) is 6.67. The number of piperidine rings is 1. The van der Waals surface area contributed by atoms with E-state index in [4.69, 9.17) is 0 Å². The van der Waals surface area contributed by atoms with Crippen LogP contribution in [-0.4, -0.2) is 24.8 Å². The zero-order valence-electron chi connectivity index (χ0n) is 14.5. The molecule has 0 spiro atoms. The fourth-order valence-corrected chi connectivity index (χ4v) is 3.46. The van der Waals surface area contributed by atoms with Crippen molar-refractivity contribution in [2.24, 2.45) is 0 Å². The molecule has 3 rings (SSSR count). The van der Waals surface area contributed by atoms with Gasteiger partial charge in [0.2, 0.25) is 0 Å². The van der Waals surface area contributed by atoms with Crippen LogP contribution in [0.5, 0.6) is 0 Å². The van der Waals surface area contributed by atoms with Crippen LogP contribution < -0.4 is 10.2 Å². The van der Waals surface area contributed by atoms with Gasteiger partial charge >= 0.3 is 0 Å². The van der Waals surface area contributed by atoms with Crippen LogP contribution in [0, 0.1) is 0 Å². The van der Waals surface area contributed by atoms with Crippen LogP contribution >= 0.6 is 0 Å². The van der Waals surface area contributed by atoms with E-state index >= 15 is 0 Å². The van der Waals surface area contributed by atoms with E-state index < -0.39 is 0 Å². The molecule has 0 aromatic heterocycles. The molecule has 1 heterocycles. The van der Waals surface area contributed by atoms with Crippen LogP contribution in [0.2, 0.25) is 0 Å². The SMILES string of the molecule is CC(NC(CO)c1ccccc1)c1ccc(N2CCCCC2)cc1. The molecule has 128 valence electrons. The largest absolute Gasteiger partial charge is 0.394 e. The Kier molecular flexibility index (Phi) is 5.89. The topological polar surface area (TPSA) is 35.5 Å². The maximum absolute atomic E-state index is 9.72. The summed E-state index contributed by atoms with van der Waals surface area (Å²) in [6, 6.07) is 19.2. The Morgan fingerprint density at radius 3 is 2.21 bits per heavy atom. The van der Waals surface area contributed by atoms with Crippen LogP contribution in [0.1, 0.15) is 49.4 Å². The van der Waals surface area contributed by atoms with Gasteiger partial charge in [-0.05, 0) is 49.4 Å². The first kappa shape index (κ1) is 17.0. The zero-order chi connectivity index (χ0) is 16.8. The molecule has 3 heteroatoms. The molecule has 0 bridgehead atoms. The Hall–Kier alpha value is -1.84. The highest BCUT2D eigenvalue weighted by Crippen LogP contribution is 2.24. The lowest BCUT2D eigenvalue weighted by Crippen LogP contribution is -2.29. The Morgan fingerprint density at radius 1 is 0.917 bits per heavy atom. The molecular formula is C21H28N2O. The zero-order valence-corrected chi connectivity index (χ0v) is 14.5. The maximum atomic E-state index is 9.72. The van der Waals surface area contributed by atoms with E-state index in [1.807, 2.05) is 18.2 Å². The average Bonchev–Trinajstić information content (AvgIpc) is 2.67. The minimum atomic E-state index is -0.0389. The van der Waals surface area contributed by atoms with Crippen molar-refractivity contribution >= 4 is 5.69 Å². The number of aliphatic hydroxyl groups is 1. The third-order valence-corrected chi connectivity index (χ3v) is 4.95. The van der Waals surface area contributed by atoms with Crippen molar-refractivity contribution in [3.8, 4) is 0 Å². The number of nitrogens with one attached hydrogen (secondary N) is 1. The van der Waals surface area contributed by atoms with Gasteiger partial charge in [0.15, 0.2) is 0 Å². The third kappa shape index (κ3) is 4.16. The van der Waals surface area contributed by atoms with E-state index in [0.717, 1.165) is 5.56 Å². The number of anilines is 1. The quantitative estimate of drug-likeness (QED) is 0.841. The molecule has 1 aliphatic rings. The highest BCUT2D eigenvalue weighted by Gasteiger charge is 2.15. The molecule has 24 heavy (non-hydrogen) atoms. The molecule has 0 amide bonds.